The lowest BCUT2D eigenvalue weighted by Crippen LogP contribution is -2.40. The van der Waals surface area contributed by atoms with Gasteiger partial charge in [0.25, 0.3) is 0 Å². The van der Waals surface area contributed by atoms with Gasteiger partial charge < -0.3 is 9.84 Å². The Bertz CT molecular complexity index is 730. The van der Waals surface area contributed by atoms with Gasteiger partial charge >= 0.3 is 0 Å². The molecule has 1 aromatic rings. The Morgan fingerprint density at radius 2 is 2.12 bits per heavy atom. The molecule has 0 radical (unpaired) electrons. The molecule has 3 rings (SSSR count). The highest BCUT2D eigenvalue weighted by Gasteiger charge is 2.47. The molecule has 2 atom stereocenters. The number of carbonyl (C=O) groups excluding carboxylic acids is 2. The molecule has 25 heavy (non-hydrogen) atoms. The molecular formula is C21H26O4. The summed E-state index contributed by atoms with van der Waals surface area (Å²) in [4.78, 5) is 24.1. The van der Waals surface area contributed by atoms with Crippen molar-refractivity contribution in [2.24, 2.45) is 5.92 Å². The smallest absolute Gasteiger partial charge is 0.197 e. The van der Waals surface area contributed by atoms with Crippen molar-refractivity contribution < 1.29 is 19.4 Å². The minimum atomic E-state index is -0.496. The van der Waals surface area contributed by atoms with E-state index in [2.05, 4.69) is 6.92 Å². The first-order valence-electron chi connectivity index (χ1n) is 9.13. The monoisotopic (exact) mass is 342 g/mol. The molecule has 0 saturated carbocycles. The van der Waals surface area contributed by atoms with E-state index in [4.69, 9.17) is 4.74 Å². The third kappa shape index (κ3) is 3.10. The van der Waals surface area contributed by atoms with Crippen LogP contribution in [0.5, 0.6) is 5.75 Å². The van der Waals surface area contributed by atoms with Crippen molar-refractivity contribution in [3.63, 3.8) is 0 Å². The minimum absolute atomic E-state index is 0.00270. The second kappa shape index (κ2) is 6.66. The number of hydrogen-bond donors (Lipinski definition) is 1. The maximum absolute atomic E-state index is 12.6. The second-order valence-electron chi connectivity index (χ2n) is 7.64. The molecule has 0 saturated heterocycles. The van der Waals surface area contributed by atoms with Crippen LogP contribution in [0.3, 0.4) is 0 Å². The fourth-order valence-electron chi connectivity index (χ4n) is 4.17. The minimum Gasteiger partial charge on any atom is -0.507 e. The fraction of sp³-hybridized carbons (Fsp3) is 0.524. The maximum Gasteiger partial charge on any atom is 0.197 e. The number of phenolic OH excluding ortho intramolecular Hbond substituents is 1. The van der Waals surface area contributed by atoms with Gasteiger partial charge in [-0.15, -0.1) is 0 Å². The zero-order valence-electron chi connectivity index (χ0n) is 15.2. The van der Waals surface area contributed by atoms with Crippen LogP contribution in [0.15, 0.2) is 24.0 Å². The molecule has 1 N–H and O–H groups in total. The Morgan fingerprint density at radius 1 is 1.36 bits per heavy atom. The van der Waals surface area contributed by atoms with Crippen LogP contribution in [0.4, 0.5) is 0 Å². The summed E-state index contributed by atoms with van der Waals surface area (Å²) in [5.74, 6) is 0.519. The number of carbonyl (C=O) groups is 2. The van der Waals surface area contributed by atoms with Crippen molar-refractivity contribution in [3.05, 3.63) is 40.7 Å². The number of fused-ring (bicyclic) bond motifs is 3. The van der Waals surface area contributed by atoms with Gasteiger partial charge in [0.05, 0.1) is 5.56 Å². The first kappa shape index (κ1) is 17.7. The van der Waals surface area contributed by atoms with Gasteiger partial charge in [0.2, 0.25) is 0 Å². The van der Waals surface area contributed by atoms with Gasteiger partial charge in [-0.25, -0.2) is 0 Å². The zero-order valence-corrected chi connectivity index (χ0v) is 15.2. The van der Waals surface area contributed by atoms with Gasteiger partial charge in [-0.2, -0.15) is 0 Å². The number of allylic oxidation sites excluding steroid dienone is 2. The van der Waals surface area contributed by atoms with E-state index in [-0.39, 0.29) is 23.4 Å². The number of aromatic hydroxyl groups is 1. The number of Topliss-reactive ketones (excluding diaryl/α,β-unsaturated/α-hetero) is 1. The predicted molar refractivity (Wildman–Crippen MR) is 95.8 cm³/mol. The molecule has 0 amide bonds. The molecule has 1 aliphatic heterocycles. The number of unbranched alkanes of at least 4 members (excludes halogenated alkanes) is 2. The highest BCUT2D eigenvalue weighted by molar-refractivity contribution is 5.94. The summed E-state index contributed by atoms with van der Waals surface area (Å²) < 4.78 is 6.08. The van der Waals surface area contributed by atoms with Gasteiger partial charge in [0.1, 0.15) is 11.4 Å². The maximum atomic E-state index is 12.6. The van der Waals surface area contributed by atoms with Crippen molar-refractivity contribution in [1.29, 1.82) is 0 Å². The Labute approximate surface area is 148 Å². The Morgan fingerprint density at radius 3 is 2.80 bits per heavy atom. The lowest BCUT2D eigenvalue weighted by molar-refractivity contribution is -0.125. The average Bonchev–Trinajstić information content (AvgIpc) is 2.94. The van der Waals surface area contributed by atoms with Crippen molar-refractivity contribution in [2.75, 3.05) is 0 Å². The topological polar surface area (TPSA) is 63.6 Å². The van der Waals surface area contributed by atoms with E-state index in [0.29, 0.717) is 17.7 Å². The number of phenols is 1. The highest BCUT2D eigenvalue weighted by Crippen LogP contribution is 2.51. The summed E-state index contributed by atoms with van der Waals surface area (Å²) in [5.41, 5.74) is 1.76. The molecule has 0 aromatic heterocycles. The van der Waals surface area contributed by atoms with Crippen LogP contribution in [-0.4, -0.2) is 22.8 Å². The Balaban J connectivity index is 1.99. The molecule has 2 aliphatic rings. The van der Waals surface area contributed by atoms with Crippen LogP contribution in [0, 0.1) is 5.92 Å². The first-order chi connectivity index (χ1) is 11.9. The zero-order chi connectivity index (χ0) is 18.2. The number of aldehydes is 1. The average molecular weight is 342 g/mol. The molecule has 1 aromatic carbocycles. The van der Waals surface area contributed by atoms with E-state index in [1.807, 2.05) is 26.0 Å². The van der Waals surface area contributed by atoms with Crippen LogP contribution in [-0.2, 0) is 16.0 Å². The van der Waals surface area contributed by atoms with Crippen molar-refractivity contribution >= 4 is 12.1 Å². The molecule has 1 aliphatic carbocycles. The van der Waals surface area contributed by atoms with Gasteiger partial charge in [-0.3, -0.25) is 9.59 Å². The second-order valence-corrected chi connectivity index (χ2v) is 7.64. The van der Waals surface area contributed by atoms with Gasteiger partial charge in [0.15, 0.2) is 17.8 Å². The summed E-state index contributed by atoms with van der Waals surface area (Å²) in [5, 5.41) is 10.1. The molecule has 0 fully saturated rings. The van der Waals surface area contributed by atoms with Crippen LogP contribution in [0.25, 0.3) is 0 Å². The molecular weight excluding hydrogens is 316 g/mol. The molecule has 1 heterocycles. The number of ketones is 1. The van der Waals surface area contributed by atoms with E-state index in [9.17, 15) is 14.7 Å². The van der Waals surface area contributed by atoms with E-state index in [1.165, 1.54) is 0 Å². The van der Waals surface area contributed by atoms with Crippen LogP contribution >= 0.6 is 0 Å². The van der Waals surface area contributed by atoms with Gasteiger partial charge in [0, 0.05) is 18.3 Å². The normalized spacial score (nSPS) is 23.2. The number of ether oxygens (including phenoxy) is 1. The summed E-state index contributed by atoms with van der Waals surface area (Å²) in [6, 6.07) is 3.46. The van der Waals surface area contributed by atoms with Crippen molar-refractivity contribution in [2.45, 2.75) is 64.4 Å². The van der Waals surface area contributed by atoms with Crippen LogP contribution in [0.1, 0.15) is 73.9 Å². The molecule has 0 bridgehead atoms. The summed E-state index contributed by atoms with van der Waals surface area (Å²) >= 11 is 0. The summed E-state index contributed by atoms with van der Waals surface area (Å²) in [6.07, 6.45) is 6.82. The number of hydrogen-bond acceptors (Lipinski definition) is 4. The first-order valence-corrected chi connectivity index (χ1v) is 9.13. The molecule has 134 valence electrons. The third-order valence-electron chi connectivity index (χ3n) is 5.56. The van der Waals surface area contributed by atoms with Crippen molar-refractivity contribution in [1.82, 2.24) is 0 Å². The molecule has 4 heteroatoms. The van der Waals surface area contributed by atoms with Crippen molar-refractivity contribution in [3.8, 4) is 5.75 Å². The fourth-order valence-corrected chi connectivity index (χ4v) is 4.17. The quantitative estimate of drug-likeness (QED) is 0.618. The molecule has 4 nitrogen and oxygen atoms in total. The van der Waals surface area contributed by atoms with Gasteiger partial charge in [-0.05, 0) is 50.0 Å². The lowest BCUT2D eigenvalue weighted by Gasteiger charge is -2.40. The Hall–Kier alpha value is -2.10. The number of benzene rings is 1. The van der Waals surface area contributed by atoms with Crippen LogP contribution in [0.2, 0.25) is 0 Å². The summed E-state index contributed by atoms with van der Waals surface area (Å²) in [6.45, 7) is 6.12. The lowest BCUT2D eigenvalue weighted by atomic mass is 9.77. The van der Waals surface area contributed by atoms with Crippen LogP contribution < -0.4 is 0 Å². The SMILES string of the molecule is CCCCCC(=O)C1=C[C@H]2c3c(ccc(O)c3C=O)C[C@H]2C(C)(C)O1. The highest BCUT2D eigenvalue weighted by atomic mass is 16.5. The molecule has 0 unspecified atom stereocenters. The van der Waals surface area contributed by atoms with E-state index >= 15 is 0 Å². The number of rotatable bonds is 6. The van der Waals surface area contributed by atoms with E-state index in [1.54, 1.807) is 6.07 Å². The third-order valence-corrected chi connectivity index (χ3v) is 5.56. The van der Waals surface area contributed by atoms with E-state index < -0.39 is 5.60 Å². The Kier molecular flexibility index (Phi) is 4.72. The predicted octanol–water partition coefficient (Wildman–Crippen LogP) is 4.30. The van der Waals surface area contributed by atoms with Gasteiger partial charge in [-0.1, -0.05) is 25.8 Å². The van der Waals surface area contributed by atoms with E-state index in [0.717, 1.165) is 43.1 Å². The summed E-state index contributed by atoms with van der Waals surface area (Å²) in [7, 11) is 0. The largest absolute Gasteiger partial charge is 0.507 e. The molecule has 0 spiro atoms. The standard InChI is InChI=1S/C21H26O4/c1-4-5-6-7-18(24)19-11-14-16(21(2,3)25-19)10-13-8-9-17(23)15(12-22)20(13)14/h8-9,11-12,14,16,23H,4-7,10H2,1-3H3/t14-,16-/m1/s1.